The van der Waals surface area contributed by atoms with Crippen LogP contribution in [0.25, 0.3) is 0 Å². The van der Waals surface area contributed by atoms with Crippen molar-refractivity contribution in [3.63, 3.8) is 0 Å². The quantitative estimate of drug-likeness (QED) is 0.500. The lowest BCUT2D eigenvalue weighted by Crippen LogP contribution is -2.54. The van der Waals surface area contributed by atoms with Gasteiger partial charge in [-0.3, -0.25) is 4.57 Å². The van der Waals surface area contributed by atoms with E-state index in [9.17, 15) is 23.9 Å². The van der Waals surface area contributed by atoms with Gasteiger partial charge < -0.3 is 24.3 Å². The molecule has 0 aromatic heterocycles. The first kappa shape index (κ1) is 23.0. The van der Waals surface area contributed by atoms with Gasteiger partial charge in [-0.25, -0.2) is 9.59 Å². The van der Waals surface area contributed by atoms with Crippen LogP contribution in [0.3, 0.4) is 0 Å². The average Bonchev–Trinajstić information content (AvgIpc) is 2.75. The SMILES string of the molecule is CCCN(CP(=O)(O)O)C(=O)N1Cc2ccccc2CC1C(=O)OCc1ccccc1. The van der Waals surface area contributed by atoms with Gasteiger partial charge in [0.2, 0.25) is 0 Å². The third kappa shape index (κ3) is 6.17. The van der Waals surface area contributed by atoms with Crippen LogP contribution in [0.1, 0.15) is 30.0 Å². The third-order valence-corrected chi connectivity index (χ3v) is 5.82. The van der Waals surface area contributed by atoms with Crippen molar-refractivity contribution in [3.05, 3.63) is 71.3 Å². The van der Waals surface area contributed by atoms with E-state index < -0.39 is 31.9 Å². The van der Waals surface area contributed by atoms with Crippen molar-refractivity contribution in [1.29, 1.82) is 0 Å². The van der Waals surface area contributed by atoms with Gasteiger partial charge in [0.15, 0.2) is 0 Å². The maximum absolute atomic E-state index is 13.3. The number of rotatable bonds is 7. The zero-order chi connectivity index (χ0) is 22.4. The van der Waals surface area contributed by atoms with Gasteiger partial charge in [0.25, 0.3) is 0 Å². The van der Waals surface area contributed by atoms with E-state index in [1.807, 2.05) is 61.5 Å². The number of esters is 1. The molecule has 2 aromatic rings. The smallest absolute Gasteiger partial charge is 0.344 e. The van der Waals surface area contributed by atoms with Gasteiger partial charge in [-0.1, -0.05) is 61.5 Å². The number of nitrogens with zero attached hydrogens (tertiary/aromatic N) is 2. The molecule has 1 aliphatic rings. The zero-order valence-corrected chi connectivity index (χ0v) is 18.3. The van der Waals surface area contributed by atoms with Crippen LogP contribution < -0.4 is 0 Å². The van der Waals surface area contributed by atoms with Crippen LogP contribution in [-0.4, -0.2) is 50.5 Å². The first-order valence-corrected chi connectivity index (χ1v) is 12.0. The molecular weight excluding hydrogens is 419 g/mol. The van der Waals surface area contributed by atoms with Crippen molar-refractivity contribution in [3.8, 4) is 0 Å². The zero-order valence-electron chi connectivity index (χ0n) is 17.4. The second kappa shape index (κ2) is 10.1. The Balaban J connectivity index is 1.83. The molecule has 0 spiro atoms. The van der Waals surface area contributed by atoms with Crippen LogP contribution in [0.5, 0.6) is 0 Å². The number of urea groups is 1. The summed E-state index contributed by atoms with van der Waals surface area (Å²) in [5.74, 6) is -0.542. The van der Waals surface area contributed by atoms with Crippen LogP contribution in [0, 0.1) is 0 Å². The van der Waals surface area contributed by atoms with Gasteiger partial charge >= 0.3 is 19.6 Å². The largest absolute Gasteiger partial charge is 0.459 e. The summed E-state index contributed by atoms with van der Waals surface area (Å²) in [6, 6.07) is 15.3. The van der Waals surface area contributed by atoms with E-state index >= 15 is 0 Å². The number of carbonyl (C=O) groups is 2. The van der Waals surface area contributed by atoms with Crippen molar-refractivity contribution in [2.24, 2.45) is 0 Å². The molecule has 0 saturated heterocycles. The predicted molar refractivity (Wildman–Crippen MR) is 115 cm³/mol. The second-order valence-electron chi connectivity index (χ2n) is 7.56. The topological polar surface area (TPSA) is 107 Å². The fourth-order valence-corrected chi connectivity index (χ4v) is 4.37. The molecule has 0 saturated carbocycles. The van der Waals surface area contributed by atoms with E-state index in [0.717, 1.165) is 21.6 Å². The molecule has 0 radical (unpaired) electrons. The molecular formula is C22H27N2O6P. The molecule has 2 aromatic carbocycles. The number of benzene rings is 2. The molecule has 31 heavy (non-hydrogen) atoms. The fourth-order valence-electron chi connectivity index (χ4n) is 3.66. The predicted octanol–water partition coefficient (Wildman–Crippen LogP) is 3.12. The van der Waals surface area contributed by atoms with Crippen molar-refractivity contribution < 1.29 is 28.7 Å². The van der Waals surface area contributed by atoms with Crippen LogP contribution in [0.4, 0.5) is 4.79 Å². The molecule has 2 amide bonds. The summed E-state index contributed by atoms with van der Waals surface area (Å²) in [6.07, 6.45) is 0.119. The van der Waals surface area contributed by atoms with Crippen LogP contribution >= 0.6 is 7.60 Å². The number of hydrogen-bond donors (Lipinski definition) is 2. The Morgan fingerprint density at radius 1 is 1.10 bits per heavy atom. The van der Waals surface area contributed by atoms with E-state index in [4.69, 9.17) is 4.74 Å². The maximum atomic E-state index is 13.3. The molecule has 9 heteroatoms. The second-order valence-corrected chi connectivity index (χ2v) is 9.17. The maximum Gasteiger partial charge on any atom is 0.344 e. The van der Waals surface area contributed by atoms with Crippen LogP contribution in [0.2, 0.25) is 0 Å². The van der Waals surface area contributed by atoms with Crippen molar-refractivity contribution in [2.75, 3.05) is 12.8 Å². The van der Waals surface area contributed by atoms with Crippen molar-refractivity contribution >= 4 is 19.6 Å². The number of amides is 2. The number of fused-ring (bicyclic) bond motifs is 1. The Hall–Kier alpha value is -2.67. The Kier molecular flexibility index (Phi) is 7.49. The van der Waals surface area contributed by atoms with Gasteiger partial charge in [-0.15, -0.1) is 0 Å². The molecule has 1 unspecified atom stereocenters. The minimum Gasteiger partial charge on any atom is -0.459 e. The van der Waals surface area contributed by atoms with Crippen molar-refractivity contribution in [1.82, 2.24) is 9.80 Å². The molecule has 1 heterocycles. The first-order valence-electron chi connectivity index (χ1n) is 10.2. The Morgan fingerprint density at radius 3 is 2.39 bits per heavy atom. The average molecular weight is 446 g/mol. The highest BCUT2D eigenvalue weighted by atomic mass is 31.2. The van der Waals surface area contributed by atoms with Crippen molar-refractivity contribution in [2.45, 2.75) is 39.0 Å². The number of hydrogen-bond acceptors (Lipinski definition) is 4. The molecule has 2 N–H and O–H groups in total. The summed E-state index contributed by atoms with van der Waals surface area (Å²) < 4.78 is 17.1. The minimum atomic E-state index is -4.46. The lowest BCUT2D eigenvalue weighted by Gasteiger charge is -2.38. The summed E-state index contributed by atoms with van der Waals surface area (Å²) in [7, 11) is -4.46. The first-order chi connectivity index (χ1) is 14.8. The Morgan fingerprint density at radius 2 is 1.74 bits per heavy atom. The summed E-state index contributed by atoms with van der Waals surface area (Å²) in [4.78, 5) is 47.5. The normalized spacial score (nSPS) is 15.8. The summed E-state index contributed by atoms with van der Waals surface area (Å²) in [5.41, 5.74) is 2.68. The van der Waals surface area contributed by atoms with Gasteiger partial charge in [-0.2, -0.15) is 0 Å². The minimum absolute atomic E-state index is 0.0843. The standard InChI is InChI=1S/C22H27N2O6P/c1-2-12-23(16-31(27,28)29)22(26)24-14-19-11-7-6-10-18(19)13-20(24)21(25)30-15-17-8-4-3-5-9-17/h3-11,20H,2,12-16H2,1H3,(H2,27,28,29). The molecule has 0 bridgehead atoms. The molecule has 8 nitrogen and oxygen atoms in total. The van der Waals surface area contributed by atoms with E-state index in [1.54, 1.807) is 0 Å². The molecule has 1 aliphatic heterocycles. The Bertz CT molecular complexity index is 961. The molecule has 3 rings (SSSR count). The monoisotopic (exact) mass is 446 g/mol. The van der Waals surface area contributed by atoms with E-state index in [0.29, 0.717) is 6.42 Å². The molecule has 166 valence electrons. The highest BCUT2D eigenvalue weighted by Gasteiger charge is 2.38. The molecule has 1 atom stereocenters. The van der Waals surface area contributed by atoms with E-state index in [2.05, 4.69) is 0 Å². The summed E-state index contributed by atoms with van der Waals surface area (Å²) in [6.45, 7) is 2.24. The number of ether oxygens (including phenoxy) is 1. The van der Waals surface area contributed by atoms with Gasteiger partial charge in [0.05, 0.1) is 0 Å². The van der Waals surface area contributed by atoms with Gasteiger partial charge in [0.1, 0.15) is 18.9 Å². The lowest BCUT2D eigenvalue weighted by molar-refractivity contribution is -0.151. The van der Waals surface area contributed by atoms with Gasteiger partial charge in [0, 0.05) is 19.5 Å². The highest BCUT2D eigenvalue weighted by molar-refractivity contribution is 7.51. The third-order valence-electron chi connectivity index (χ3n) is 5.11. The number of carbonyl (C=O) groups excluding carboxylic acids is 2. The lowest BCUT2D eigenvalue weighted by atomic mass is 9.94. The van der Waals surface area contributed by atoms with Crippen LogP contribution in [0.15, 0.2) is 54.6 Å². The van der Waals surface area contributed by atoms with Gasteiger partial charge in [-0.05, 0) is 23.1 Å². The summed E-state index contributed by atoms with van der Waals surface area (Å²) >= 11 is 0. The fraction of sp³-hybridized carbons (Fsp3) is 0.364. The molecule has 0 aliphatic carbocycles. The summed E-state index contributed by atoms with van der Waals surface area (Å²) in [5, 5.41) is 0. The highest BCUT2D eigenvalue weighted by Crippen LogP contribution is 2.36. The van der Waals surface area contributed by atoms with E-state index in [-0.39, 0.29) is 26.1 Å². The Labute approximate surface area is 181 Å². The van der Waals surface area contributed by atoms with Crippen LogP contribution in [-0.2, 0) is 33.7 Å². The van der Waals surface area contributed by atoms with E-state index in [1.165, 1.54) is 4.90 Å². The molecule has 0 fully saturated rings.